The molecule has 9 nitrogen and oxygen atoms in total. The van der Waals surface area contributed by atoms with Gasteiger partial charge in [-0.05, 0) is 23.6 Å². The van der Waals surface area contributed by atoms with Gasteiger partial charge in [-0.2, -0.15) is 4.31 Å². The fourth-order valence-corrected chi connectivity index (χ4v) is 4.99. The molecule has 0 saturated heterocycles. The molecule has 0 spiro atoms. The first kappa shape index (κ1) is 17.2. The second kappa shape index (κ2) is 6.02. The Morgan fingerprint density at radius 1 is 1.32 bits per heavy atom. The highest BCUT2D eigenvalue weighted by molar-refractivity contribution is 7.89. The number of carboxylic acids is 1. The maximum Gasteiger partial charge on any atom is 0.337 e. The minimum atomic E-state index is -3.95. The molecule has 3 rings (SSSR count). The Bertz CT molecular complexity index is 980. The first-order valence-corrected chi connectivity index (χ1v) is 9.15. The van der Waals surface area contributed by atoms with Crippen LogP contribution in [0.3, 0.4) is 0 Å². The van der Waals surface area contributed by atoms with Crippen LogP contribution in [0.15, 0.2) is 34.7 Å². The van der Waals surface area contributed by atoms with E-state index in [1.165, 1.54) is 23.6 Å². The van der Waals surface area contributed by atoms with E-state index in [0.717, 1.165) is 24.6 Å². The summed E-state index contributed by atoms with van der Waals surface area (Å²) < 4.78 is 25.5. The van der Waals surface area contributed by atoms with E-state index >= 15 is 0 Å². The number of Topliss-reactive ketones (excluding diaryl/α,β-unsaturated/α-hetero) is 1. The summed E-state index contributed by atoms with van der Waals surface area (Å²) in [7, 11) is -2.80. The van der Waals surface area contributed by atoms with Crippen molar-refractivity contribution in [2.24, 2.45) is 0 Å². The van der Waals surface area contributed by atoms with Crippen LogP contribution < -0.4 is 5.32 Å². The van der Waals surface area contributed by atoms with Gasteiger partial charge in [0.25, 0.3) is 5.91 Å². The van der Waals surface area contributed by atoms with Crippen LogP contribution in [-0.4, -0.2) is 53.6 Å². The number of nitrogens with one attached hydrogen (secondary N) is 1. The number of rotatable bonds is 3. The Labute approximate surface area is 146 Å². The van der Waals surface area contributed by atoms with Gasteiger partial charge in [-0.15, -0.1) is 11.3 Å². The minimum Gasteiger partial charge on any atom is -0.478 e. The molecule has 0 bridgehead atoms. The van der Waals surface area contributed by atoms with Gasteiger partial charge in [0.1, 0.15) is 10.7 Å². The molecule has 0 fully saturated rings. The third-order valence-electron chi connectivity index (χ3n) is 3.63. The summed E-state index contributed by atoms with van der Waals surface area (Å²) in [6, 6.07) is 2.24. The summed E-state index contributed by atoms with van der Waals surface area (Å²) in [6.45, 7) is 0. The average molecular weight is 381 g/mol. The van der Waals surface area contributed by atoms with Crippen molar-refractivity contribution in [3.05, 3.63) is 40.2 Å². The lowest BCUT2D eigenvalue weighted by atomic mass is 10.1. The molecule has 3 heterocycles. The fraction of sp³-hybridized carbons (Fsp3) is 0.143. The highest BCUT2D eigenvalue weighted by atomic mass is 32.2. The number of thiophene rings is 1. The monoisotopic (exact) mass is 381 g/mol. The zero-order valence-electron chi connectivity index (χ0n) is 12.7. The lowest BCUT2D eigenvalue weighted by Crippen LogP contribution is -2.52. The number of aromatic carboxylic acids is 1. The van der Waals surface area contributed by atoms with Gasteiger partial charge >= 0.3 is 5.97 Å². The van der Waals surface area contributed by atoms with Crippen LogP contribution in [-0.2, 0) is 14.8 Å². The number of ketones is 1. The SMILES string of the molecule is CN1C(C(=O)Nc2ccc(C(=O)O)cn2)C(=O)c2sccc2S1(=O)=O. The molecule has 2 aromatic rings. The van der Waals surface area contributed by atoms with Crippen LogP contribution in [0, 0.1) is 0 Å². The van der Waals surface area contributed by atoms with Crippen LogP contribution in [0.4, 0.5) is 5.82 Å². The number of hydrogen-bond donors (Lipinski definition) is 2. The summed E-state index contributed by atoms with van der Waals surface area (Å²) in [5.41, 5.74) is -0.0744. The van der Waals surface area contributed by atoms with E-state index in [1.807, 2.05) is 0 Å². The number of aromatic nitrogens is 1. The largest absolute Gasteiger partial charge is 0.478 e. The lowest BCUT2D eigenvalue weighted by molar-refractivity contribution is -0.118. The number of carbonyl (C=O) groups excluding carboxylic acids is 2. The second-order valence-electron chi connectivity index (χ2n) is 5.13. The molecule has 0 aromatic carbocycles. The fourth-order valence-electron chi connectivity index (χ4n) is 2.34. The molecule has 0 radical (unpaired) electrons. The Morgan fingerprint density at radius 2 is 2.04 bits per heavy atom. The summed E-state index contributed by atoms with van der Waals surface area (Å²) in [5, 5.41) is 12.6. The topological polar surface area (TPSA) is 134 Å². The number of pyridine rings is 1. The summed E-state index contributed by atoms with van der Waals surface area (Å²) in [5.74, 6) is -2.66. The van der Waals surface area contributed by atoms with Gasteiger partial charge < -0.3 is 10.4 Å². The summed E-state index contributed by atoms with van der Waals surface area (Å²) in [6.07, 6.45) is 1.04. The highest BCUT2D eigenvalue weighted by Gasteiger charge is 2.46. The highest BCUT2D eigenvalue weighted by Crippen LogP contribution is 2.32. The predicted molar refractivity (Wildman–Crippen MR) is 87.2 cm³/mol. The zero-order valence-corrected chi connectivity index (χ0v) is 14.3. The molecular weight excluding hydrogens is 370 g/mol. The van der Waals surface area contributed by atoms with E-state index in [0.29, 0.717) is 4.31 Å². The molecule has 1 aliphatic heterocycles. The van der Waals surface area contributed by atoms with Crippen molar-refractivity contribution in [2.45, 2.75) is 10.9 Å². The smallest absolute Gasteiger partial charge is 0.337 e. The number of hydrogen-bond acceptors (Lipinski definition) is 7. The van der Waals surface area contributed by atoms with Crippen LogP contribution in [0.5, 0.6) is 0 Å². The van der Waals surface area contributed by atoms with Crippen LogP contribution in [0.25, 0.3) is 0 Å². The number of sulfonamides is 1. The maximum absolute atomic E-state index is 12.5. The van der Waals surface area contributed by atoms with Crippen molar-refractivity contribution in [1.82, 2.24) is 9.29 Å². The quantitative estimate of drug-likeness (QED) is 0.746. The number of nitrogens with zero attached hydrogens (tertiary/aromatic N) is 2. The van der Waals surface area contributed by atoms with Crippen molar-refractivity contribution in [2.75, 3.05) is 12.4 Å². The average Bonchev–Trinajstić information content (AvgIpc) is 3.05. The number of anilines is 1. The Kier molecular flexibility index (Phi) is 4.14. The van der Waals surface area contributed by atoms with Crippen LogP contribution in [0.1, 0.15) is 20.0 Å². The molecule has 11 heteroatoms. The molecule has 130 valence electrons. The molecule has 0 aliphatic carbocycles. The third kappa shape index (κ3) is 2.81. The zero-order chi connectivity index (χ0) is 18.4. The van der Waals surface area contributed by atoms with E-state index in [4.69, 9.17) is 5.11 Å². The van der Waals surface area contributed by atoms with E-state index in [2.05, 4.69) is 10.3 Å². The Hall–Kier alpha value is -2.63. The van der Waals surface area contributed by atoms with E-state index in [9.17, 15) is 22.8 Å². The molecular formula is C14H11N3O6S2. The van der Waals surface area contributed by atoms with Gasteiger partial charge in [-0.25, -0.2) is 18.2 Å². The van der Waals surface area contributed by atoms with E-state index < -0.39 is 33.7 Å². The van der Waals surface area contributed by atoms with E-state index in [1.54, 1.807) is 0 Å². The molecule has 2 N–H and O–H groups in total. The van der Waals surface area contributed by atoms with Crippen molar-refractivity contribution in [3.63, 3.8) is 0 Å². The van der Waals surface area contributed by atoms with Crippen molar-refractivity contribution >= 4 is 44.8 Å². The number of likely N-dealkylation sites (N-methyl/N-ethyl adjacent to an activating group) is 1. The van der Waals surface area contributed by atoms with Gasteiger partial charge in [0.15, 0.2) is 6.04 Å². The lowest BCUT2D eigenvalue weighted by Gasteiger charge is -2.29. The van der Waals surface area contributed by atoms with E-state index in [-0.39, 0.29) is 21.2 Å². The number of amides is 1. The molecule has 1 atom stereocenters. The minimum absolute atomic E-state index is 0.00516. The van der Waals surface area contributed by atoms with Gasteiger partial charge in [-0.1, -0.05) is 0 Å². The summed E-state index contributed by atoms with van der Waals surface area (Å²) >= 11 is 0.954. The first-order chi connectivity index (χ1) is 11.7. The molecule has 1 unspecified atom stereocenters. The molecule has 0 saturated carbocycles. The molecule has 1 amide bonds. The Morgan fingerprint density at radius 3 is 2.64 bits per heavy atom. The van der Waals surface area contributed by atoms with Crippen molar-refractivity contribution in [3.8, 4) is 0 Å². The number of fused-ring (bicyclic) bond motifs is 1. The molecule has 2 aromatic heterocycles. The molecule has 1 aliphatic rings. The molecule has 25 heavy (non-hydrogen) atoms. The number of carbonyl (C=O) groups is 3. The normalized spacial score (nSPS) is 19.2. The van der Waals surface area contributed by atoms with Crippen LogP contribution in [0.2, 0.25) is 0 Å². The third-order valence-corrected chi connectivity index (χ3v) is 6.56. The van der Waals surface area contributed by atoms with Crippen LogP contribution >= 0.6 is 11.3 Å². The summed E-state index contributed by atoms with van der Waals surface area (Å²) in [4.78, 5) is 39.4. The predicted octanol–water partition coefficient (Wildman–Crippen LogP) is 0.665. The first-order valence-electron chi connectivity index (χ1n) is 6.83. The van der Waals surface area contributed by atoms with Crippen molar-refractivity contribution in [1.29, 1.82) is 0 Å². The van der Waals surface area contributed by atoms with Gasteiger partial charge in [-0.3, -0.25) is 9.59 Å². The van der Waals surface area contributed by atoms with Crippen molar-refractivity contribution < 1.29 is 27.9 Å². The maximum atomic E-state index is 12.5. The van der Waals surface area contributed by atoms with Gasteiger partial charge in [0.2, 0.25) is 15.8 Å². The van der Waals surface area contributed by atoms with Gasteiger partial charge in [0.05, 0.1) is 10.4 Å². The number of carboxylic acid groups (broad SMARTS) is 1. The van der Waals surface area contributed by atoms with Gasteiger partial charge in [0, 0.05) is 13.2 Å². The Balaban J connectivity index is 1.89. The second-order valence-corrected chi connectivity index (χ2v) is 8.01. The standard InChI is InChI=1S/C14H11N3O6S2/c1-17-10(11(18)12-8(4-5-24-12)25(17,22)23)13(19)16-9-3-2-7(6-15-9)14(20)21/h2-6,10H,1H3,(H,20,21)(H,15,16,19).